The van der Waals surface area contributed by atoms with Crippen molar-refractivity contribution >= 4 is 0 Å². The predicted octanol–water partition coefficient (Wildman–Crippen LogP) is 5.17. The molecule has 0 unspecified atom stereocenters. The van der Waals surface area contributed by atoms with Gasteiger partial charge in [-0.3, -0.25) is 0 Å². The molecule has 2 nitrogen and oxygen atoms in total. The number of allylic oxidation sites excluding steroid dienone is 1. The summed E-state index contributed by atoms with van der Waals surface area (Å²) in [6, 6.07) is 17.3. The van der Waals surface area contributed by atoms with Gasteiger partial charge in [0.1, 0.15) is 0 Å². The summed E-state index contributed by atoms with van der Waals surface area (Å²) < 4.78 is 6.34. The van der Waals surface area contributed by atoms with Gasteiger partial charge in [0.15, 0.2) is 0 Å². The van der Waals surface area contributed by atoms with Crippen LogP contribution in [0.4, 0.5) is 0 Å². The Morgan fingerprint density at radius 1 is 1.08 bits per heavy atom. The average Bonchev–Trinajstić information content (AvgIpc) is 2.60. The molecule has 126 valence electrons. The molecule has 0 aliphatic carbocycles. The van der Waals surface area contributed by atoms with Crippen LogP contribution < -0.4 is 5.32 Å². The van der Waals surface area contributed by atoms with E-state index in [0.29, 0.717) is 6.61 Å². The van der Waals surface area contributed by atoms with Gasteiger partial charge in [-0.1, -0.05) is 65.7 Å². The highest BCUT2D eigenvalue weighted by Crippen LogP contribution is 2.32. The smallest absolute Gasteiger partial charge is 0.0858 e. The molecule has 24 heavy (non-hydrogen) atoms. The lowest BCUT2D eigenvalue weighted by Crippen LogP contribution is -2.45. The first-order valence-electron chi connectivity index (χ1n) is 8.77. The summed E-state index contributed by atoms with van der Waals surface area (Å²) >= 11 is 0. The van der Waals surface area contributed by atoms with E-state index in [1.807, 2.05) is 0 Å². The topological polar surface area (TPSA) is 21.3 Å². The Balaban J connectivity index is 1.78. The van der Waals surface area contributed by atoms with Crippen LogP contribution in [0, 0.1) is 13.8 Å². The Kier molecular flexibility index (Phi) is 5.06. The van der Waals surface area contributed by atoms with Gasteiger partial charge in [-0.2, -0.15) is 0 Å². The zero-order valence-electron chi connectivity index (χ0n) is 14.9. The Morgan fingerprint density at radius 3 is 2.42 bits per heavy atom. The first kappa shape index (κ1) is 16.8. The summed E-state index contributed by atoms with van der Waals surface area (Å²) in [5.74, 6) is 0. The second-order valence-corrected chi connectivity index (χ2v) is 6.91. The van der Waals surface area contributed by atoms with E-state index in [0.717, 1.165) is 12.8 Å². The van der Waals surface area contributed by atoms with Crippen LogP contribution in [0.15, 0.2) is 60.8 Å². The summed E-state index contributed by atoms with van der Waals surface area (Å²) in [4.78, 5) is 0. The quantitative estimate of drug-likeness (QED) is 0.820. The molecule has 0 saturated heterocycles. The van der Waals surface area contributed by atoms with Crippen molar-refractivity contribution in [2.24, 2.45) is 0 Å². The fourth-order valence-corrected chi connectivity index (χ4v) is 3.49. The third-order valence-corrected chi connectivity index (χ3v) is 4.83. The second-order valence-electron chi connectivity index (χ2n) is 6.91. The van der Waals surface area contributed by atoms with Crippen molar-refractivity contribution in [1.82, 2.24) is 5.32 Å². The molecule has 3 rings (SSSR count). The summed E-state index contributed by atoms with van der Waals surface area (Å²) in [6.07, 6.45) is 6.46. The number of rotatable bonds is 5. The molecule has 2 aromatic rings. The zero-order valence-corrected chi connectivity index (χ0v) is 14.9. The molecule has 2 atom stereocenters. The standard InChI is InChI=1S/C22H27NO/c1-17-13-18(2)15-20(14-17)19(3)24-16-22(11-7-8-12-23-22)21-9-5-4-6-10-21/h4-6,8-10,12-15,19,23H,7,11,16H2,1-3H3/t19-,22-/m1/s1. The Bertz CT molecular complexity index is 687. The number of aryl methyl sites for hydroxylation is 2. The van der Waals surface area contributed by atoms with Crippen LogP contribution in [-0.4, -0.2) is 6.61 Å². The highest BCUT2D eigenvalue weighted by atomic mass is 16.5. The molecular weight excluding hydrogens is 294 g/mol. The maximum absolute atomic E-state index is 6.34. The first-order chi connectivity index (χ1) is 11.6. The summed E-state index contributed by atoms with van der Waals surface area (Å²) in [5, 5.41) is 3.57. The normalized spacial score (nSPS) is 21.3. The van der Waals surface area contributed by atoms with Crippen molar-refractivity contribution in [3.05, 3.63) is 83.1 Å². The Labute approximate surface area is 145 Å². The number of ether oxygens (including phenoxy) is 1. The van der Waals surface area contributed by atoms with E-state index in [4.69, 9.17) is 4.74 Å². The second kappa shape index (κ2) is 7.23. The van der Waals surface area contributed by atoms with Gasteiger partial charge < -0.3 is 10.1 Å². The molecule has 1 N–H and O–H groups in total. The lowest BCUT2D eigenvalue weighted by molar-refractivity contribution is 0.0154. The zero-order chi connectivity index (χ0) is 17.0. The van der Waals surface area contributed by atoms with Crippen LogP contribution in [-0.2, 0) is 10.3 Å². The summed E-state index contributed by atoms with van der Waals surface area (Å²) in [5.41, 5.74) is 4.99. The largest absolute Gasteiger partial charge is 0.380 e. The van der Waals surface area contributed by atoms with Gasteiger partial charge in [0.2, 0.25) is 0 Å². The number of hydrogen-bond acceptors (Lipinski definition) is 2. The van der Waals surface area contributed by atoms with Crippen molar-refractivity contribution in [2.45, 2.75) is 45.3 Å². The van der Waals surface area contributed by atoms with Gasteiger partial charge in [0, 0.05) is 0 Å². The summed E-state index contributed by atoms with van der Waals surface area (Å²) in [7, 11) is 0. The third-order valence-electron chi connectivity index (χ3n) is 4.83. The van der Waals surface area contributed by atoms with E-state index >= 15 is 0 Å². The third kappa shape index (κ3) is 3.70. The van der Waals surface area contributed by atoms with E-state index in [2.05, 4.69) is 86.9 Å². The van der Waals surface area contributed by atoms with Crippen molar-refractivity contribution in [3.8, 4) is 0 Å². The van der Waals surface area contributed by atoms with Crippen LogP contribution in [0.5, 0.6) is 0 Å². The van der Waals surface area contributed by atoms with Crippen LogP contribution in [0.1, 0.15) is 48.1 Å². The monoisotopic (exact) mass is 321 g/mol. The molecule has 0 bridgehead atoms. The average molecular weight is 321 g/mol. The van der Waals surface area contributed by atoms with Gasteiger partial charge in [0.05, 0.1) is 18.2 Å². The van der Waals surface area contributed by atoms with Gasteiger partial charge in [-0.25, -0.2) is 0 Å². The molecule has 0 amide bonds. The van der Waals surface area contributed by atoms with E-state index in [9.17, 15) is 0 Å². The van der Waals surface area contributed by atoms with E-state index in [1.54, 1.807) is 0 Å². The molecule has 1 heterocycles. The Hall–Kier alpha value is -2.06. The highest BCUT2D eigenvalue weighted by molar-refractivity contribution is 5.30. The fraction of sp³-hybridized carbons (Fsp3) is 0.364. The number of nitrogens with one attached hydrogen (secondary N) is 1. The minimum absolute atomic E-state index is 0.0805. The van der Waals surface area contributed by atoms with Gasteiger partial charge in [-0.05, 0) is 50.9 Å². The molecular formula is C22H27NO. The molecule has 1 aliphatic rings. The number of hydrogen-bond donors (Lipinski definition) is 1. The van der Waals surface area contributed by atoms with Crippen LogP contribution in [0.2, 0.25) is 0 Å². The maximum atomic E-state index is 6.34. The fourth-order valence-electron chi connectivity index (χ4n) is 3.49. The highest BCUT2D eigenvalue weighted by Gasteiger charge is 2.33. The summed E-state index contributed by atoms with van der Waals surface area (Å²) in [6.45, 7) is 7.09. The van der Waals surface area contributed by atoms with Gasteiger partial charge >= 0.3 is 0 Å². The Morgan fingerprint density at radius 2 is 1.79 bits per heavy atom. The predicted molar refractivity (Wildman–Crippen MR) is 99.9 cm³/mol. The lowest BCUT2D eigenvalue weighted by atomic mass is 9.84. The molecule has 0 spiro atoms. The minimum atomic E-state index is -0.136. The van der Waals surface area contributed by atoms with Crippen molar-refractivity contribution in [1.29, 1.82) is 0 Å². The van der Waals surface area contributed by atoms with Gasteiger partial charge in [0.25, 0.3) is 0 Å². The molecule has 1 aliphatic heterocycles. The lowest BCUT2D eigenvalue weighted by Gasteiger charge is -2.37. The minimum Gasteiger partial charge on any atom is -0.380 e. The molecule has 0 aromatic heterocycles. The van der Waals surface area contributed by atoms with E-state index in [1.165, 1.54) is 22.3 Å². The van der Waals surface area contributed by atoms with Crippen LogP contribution >= 0.6 is 0 Å². The first-order valence-corrected chi connectivity index (χ1v) is 8.77. The van der Waals surface area contributed by atoms with Crippen molar-refractivity contribution < 1.29 is 4.74 Å². The van der Waals surface area contributed by atoms with Crippen LogP contribution in [0.3, 0.4) is 0 Å². The SMILES string of the molecule is Cc1cc(C)cc([C@@H](C)OC[C@@]2(c3ccccc3)CCC=CN2)c1. The van der Waals surface area contributed by atoms with E-state index in [-0.39, 0.29) is 11.6 Å². The van der Waals surface area contributed by atoms with Crippen LogP contribution in [0.25, 0.3) is 0 Å². The maximum Gasteiger partial charge on any atom is 0.0858 e. The molecule has 0 radical (unpaired) electrons. The van der Waals surface area contributed by atoms with Crippen molar-refractivity contribution in [3.63, 3.8) is 0 Å². The molecule has 0 saturated carbocycles. The van der Waals surface area contributed by atoms with Crippen molar-refractivity contribution in [2.75, 3.05) is 6.61 Å². The molecule has 0 fully saturated rings. The number of benzene rings is 2. The molecule has 2 aromatic carbocycles. The van der Waals surface area contributed by atoms with E-state index < -0.39 is 0 Å². The molecule has 2 heteroatoms. The van der Waals surface area contributed by atoms with Gasteiger partial charge in [-0.15, -0.1) is 0 Å².